The topological polar surface area (TPSA) is 78.9 Å². The fourth-order valence-corrected chi connectivity index (χ4v) is 8.45. The normalized spacial score (nSPS) is 12.9. The van der Waals surface area contributed by atoms with Crippen LogP contribution < -0.4 is 0 Å². The van der Waals surface area contributed by atoms with E-state index in [9.17, 15) is 14.4 Å². The molecule has 0 amide bonds. The third kappa shape index (κ3) is 60.7. The molecule has 1 atom stereocenters. The van der Waals surface area contributed by atoms with Crippen molar-refractivity contribution in [2.45, 2.75) is 290 Å². The van der Waals surface area contributed by atoms with Gasteiger partial charge in [0, 0.05) is 19.3 Å². The Kier molecular flexibility index (Phi) is 59.9. The maximum atomic E-state index is 12.9. The molecule has 76 heavy (non-hydrogen) atoms. The van der Waals surface area contributed by atoms with Gasteiger partial charge in [-0.25, -0.2) is 0 Å². The summed E-state index contributed by atoms with van der Waals surface area (Å²) >= 11 is 0. The lowest BCUT2D eigenvalue weighted by molar-refractivity contribution is -0.167. The first-order chi connectivity index (χ1) is 37.5. The Morgan fingerprint density at radius 1 is 0.276 bits per heavy atom. The molecule has 0 aromatic heterocycles. The van der Waals surface area contributed by atoms with Gasteiger partial charge < -0.3 is 14.2 Å². The number of hydrogen-bond acceptors (Lipinski definition) is 6. The second kappa shape index (κ2) is 63.3. The molecule has 0 saturated carbocycles. The van der Waals surface area contributed by atoms with E-state index in [1.165, 1.54) is 122 Å². The zero-order chi connectivity index (χ0) is 55.0. The molecule has 0 aromatic rings. The maximum Gasteiger partial charge on any atom is 0.306 e. The van der Waals surface area contributed by atoms with Gasteiger partial charge >= 0.3 is 17.9 Å². The second-order valence-corrected chi connectivity index (χ2v) is 20.6. The van der Waals surface area contributed by atoms with Crippen LogP contribution in [0.5, 0.6) is 0 Å². The highest BCUT2D eigenvalue weighted by molar-refractivity contribution is 5.71. The summed E-state index contributed by atoms with van der Waals surface area (Å²) in [6.07, 6.45) is 87.7. The van der Waals surface area contributed by atoms with Gasteiger partial charge in [-0.15, -0.1) is 0 Å². The molecule has 0 aliphatic rings. The van der Waals surface area contributed by atoms with E-state index >= 15 is 0 Å². The Labute approximate surface area is 469 Å². The van der Waals surface area contributed by atoms with Crippen molar-refractivity contribution in [3.05, 3.63) is 122 Å². The molecule has 6 heteroatoms. The van der Waals surface area contributed by atoms with Crippen LogP contribution in [0.25, 0.3) is 0 Å². The van der Waals surface area contributed by atoms with Gasteiger partial charge in [0.15, 0.2) is 6.10 Å². The molecule has 0 saturated heterocycles. The monoisotopic (exact) mass is 1050 g/mol. The van der Waals surface area contributed by atoms with Crippen molar-refractivity contribution in [1.29, 1.82) is 0 Å². The van der Waals surface area contributed by atoms with E-state index in [0.717, 1.165) is 116 Å². The number of carbonyl (C=O) groups excluding carboxylic acids is 3. The van der Waals surface area contributed by atoms with Crippen LogP contribution in [0, 0.1) is 0 Å². The molecule has 0 fully saturated rings. The maximum absolute atomic E-state index is 12.9. The number of carbonyl (C=O) groups is 3. The number of hydrogen-bond donors (Lipinski definition) is 0. The molecular formula is C70H116O6. The molecule has 0 radical (unpaired) electrons. The van der Waals surface area contributed by atoms with Crippen LogP contribution in [0.3, 0.4) is 0 Å². The molecule has 0 spiro atoms. The molecule has 0 aliphatic carbocycles. The average Bonchev–Trinajstić information content (AvgIpc) is 3.42. The van der Waals surface area contributed by atoms with Crippen LogP contribution in [0.4, 0.5) is 0 Å². The molecule has 0 heterocycles. The van der Waals surface area contributed by atoms with Crippen LogP contribution in [-0.4, -0.2) is 37.2 Å². The van der Waals surface area contributed by atoms with E-state index < -0.39 is 6.10 Å². The number of rotatable bonds is 56. The fraction of sp³-hybridized carbons (Fsp3) is 0.671. The first-order valence-electron chi connectivity index (χ1n) is 31.5. The lowest BCUT2D eigenvalue weighted by Crippen LogP contribution is -2.30. The Bertz CT molecular complexity index is 1590. The molecule has 6 nitrogen and oxygen atoms in total. The molecule has 0 N–H and O–H groups in total. The smallest absolute Gasteiger partial charge is 0.306 e. The third-order valence-corrected chi connectivity index (χ3v) is 13.2. The van der Waals surface area contributed by atoms with Gasteiger partial charge in [-0.3, -0.25) is 14.4 Å². The summed E-state index contributed by atoms with van der Waals surface area (Å²) in [6.45, 7) is 6.47. The van der Waals surface area contributed by atoms with Gasteiger partial charge in [0.25, 0.3) is 0 Å². The fourth-order valence-electron chi connectivity index (χ4n) is 8.45. The first kappa shape index (κ1) is 71.8. The summed E-state index contributed by atoms with van der Waals surface area (Å²) in [5.41, 5.74) is 0. The van der Waals surface area contributed by atoms with Crippen molar-refractivity contribution in [1.82, 2.24) is 0 Å². The van der Waals surface area contributed by atoms with E-state index in [1.807, 2.05) is 0 Å². The van der Waals surface area contributed by atoms with Gasteiger partial charge in [0.1, 0.15) is 13.2 Å². The van der Waals surface area contributed by atoms with Crippen molar-refractivity contribution in [2.75, 3.05) is 13.2 Å². The molecule has 432 valence electrons. The quantitative estimate of drug-likeness (QED) is 0.0261. The van der Waals surface area contributed by atoms with Gasteiger partial charge in [0.2, 0.25) is 0 Å². The Balaban J connectivity index is 4.44. The highest BCUT2D eigenvalue weighted by Crippen LogP contribution is 2.14. The van der Waals surface area contributed by atoms with Crippen LogP contribution in [0.15, 0.2) is 122 Å². The number of allylic oxidation sites excluding steroid dienone is 20. The second-order valence-electron chi connectivity index (χ2n) is 20.6. The molecular weight excluding hydrogens is 937 g/mol. The zero-order valence-electron chi connectivity index (χ0n) is 49.5. The third-order valence-electron chi connectivity index (χ3n) is 13.2. The minimum absolute atomic E-state index is 0.0996. The number of unbranched alkanes of at least 4 members (excludes halogenated alkanes) is 25. The highest BCUT2D eigenvalue weighted by atomic mass is 16.6. The summed E-state index contributed by atoms with van der Waals surface area (Å²) in [5.74, 6) is -0.955. The minimum atomic E-state index is -0.805. The Hall–Kier alpha value is -4.19. The van der Waals surface area contributed by atoms with Crippen LogP contribution in [0.1, 0.15) is 284 Å². The molecule has 1 unspecified atom stereocenters. The van der Waals surface area contributed by atoms with Gasteiger partial charge in [-0.05, 0) is 135 Å². The van der Waals surface area contributed by atoms with Crippen LogP contribution in [-0.2, 0) is 28.6 Å². The Morgan fingerprint density at radius 2 is 0.513 bits per heavy atom. The van der Waals surface area contributed by atoms with E-state index in [1.54, 1.807) is 0 Å². The number of ether oxygens (including phenoxy) is 3. The molecule has 0 aliphatic heterocycles. The van der Waals surface area contributed by atoms with Crippen LogP contribution >= 0.6 is 0 Å². The van der Waals surface area contributed by atoms with E-state index in [-0.39, 0.29) is 31.1 Å². The van der Waals surface area contributed by atoms with Crippen LogP contribution in [0.2, 0.25) is 0 Å². The predicted octanol–water partition coefficient (Wildman–Crippen LogP) is 21.6. The van der Waals surface area contributed by atoms with E-state index in [2.05, 4.69) is 142 Å². The van der Waals surface area contributed by atoms with Crippen molar-refractivity contribution < 1.29 is 28.6 Å². The lowest BCUT2D eigenvalue weighted by Gasteiger charge is -2.18. The summed E-state index contributed by atoms with van der Waals surface area (Å²) < 4.78 is 16.9. The summed E-state index contributed by atoms with van der Waals surface area (Å²) in [6, 6.07) is 0. The zero-order valence-corrected chi connectivity index (χ0v) is 49.5. The summed E-state index contributed by atoms with van der Waals surface area (Å²) in [7, 11) is 0. The molecule has 0 rings (SSSR count). The van der Waals surface area contributed by atoms with Gasteiger partial charge in [0.05, 0.1) is 0 Å². The standard InChI is InChI=1S/C70H116O6/c1-4-7-10-13-16-19-22-25-27-29-31-32-33-34-35-36-37-38-39-41-42-45-48-51-54-57-60-63-69(72)75-66-67(65-74-68(71)62-59-56-53-50-47-44-24-21-18-15-12-9-6-3)76-70(73)64-61-58-55-52-49-46-43-40-30-28-26-23-20-17-14-11-8-5-2/h7,10,16,19,21,24-25,27-28,30-32,34-35,37-38,41-42,48,51,67H,4-6,8-9,11-15,17-18,20,22-23,26,29,33,36,39-40,43-47,49-50,52-66H2,1-3H3/b10-7-,19-16-,24-21-,27-25-,30-28-,32-31-,35-34-,38-37-,42-41-,51-48-. The average molecular weight is 1050 g/mol. The molecule has 0 bridgehead atoms. The van der Waals surface area contributed by atoms with Crippen molar-refractivity contribution in [3.63, 3.8) is 0 Å². The van der Waals surface area contributed by atoms with Crippen molar-refractivity contribution >= 4 is 17.9 Å². The predicted molar refractivity (Wildman–Crippen MR) is 330 cm³/mol. The van der Waals surface area contributed by atoms with E-state index in [0.29, 0.717) is 25.7 Å². The lowest BCUT2D eigenvalue weighted by atomic mass is 10.1. The van der Waals surface area contributed by atoms with Gasteiger partial charge in [-0.2, -0.15) is 0 Å². The van der Waals surface area contributed by atoms with Crippen molar-refractivity contribution in [2.24, 2.45) is 0 Å². The highest BCUT2D eigenvalue weighted by Gasteiger charge is 2.19. The summed E-state index contributed by atoms with van der Waals surface area (Å²) in [5, 5.41) is 0. The number of esters is 3. The first-order valence-corrected chi connectivity index (χ1v) is 31.5. The van der Waals surface area contributed by atoms with Crippen molar-refractivity contribution in [3.8, 4) is 0 Å². The van der Waals surface area contributed by atoms with Gasteiger partial charge in [-0.1, -0.05) is 251 Å². The summed E-state index contributed by atoms with van der Waals surface area (Å²) in [4.78, 5) is 38.3. The van der Waals surface area contributed by atoms with E-state index in [4.69, 9.17) is 14.2 Å². The minimum Gasteiger partial charge on any atom is -0.462 e. The largest absolute Gasteiger partial charge is 0.462 e. The molecule has 0 aromatic carbocycles. The Morgan fingerprint density at radius 3 is 0.855 bits per heavy atom. The SMILES string of the molecule is CC/C=C\C/C=C\C/C=C\C/C=C\C/C=C\C/C=C\C/C=C\C/C=C\CCCCC(=O)OCC(COC(=O)CCCCCCC/C=C\CCCCCC)OC(=O)CCCCCCCCC/C=C\CCCCCCCCC.